The maximum absolute atomic E-state index is 12.4. The smallest absolute Gasteiger partial charge is 0.262 e. The van der Waals surface area contributed by atoms with Gasteiger partial charge in [-0.1, -0.05) is 11.6 Å². The van der Waals surface area contributed by atoms with Crippen LogP contribution < -0.4 is 5.32 Å². The van der Waals surface area contributed by atoms with Crippen molar-refractivity contribution >= 4 is 28.8 Å². The Bertz CT molecular complexity index is 691. The van der Waals surface area contributed by atoms with E-state index in [1.165, 1.54) is 30.4 Å². The quantitative estimate of drug-likeness (QED) is 0.934. The minimum atomic E-state index is -0.0218. The van der Waals surface area contributed by atoms with E-state index < -0.39 is 0 Å². The summed E-state index contributed by atoms with van der Waals surface area (Å²) in [6.45, 7) is 2.19. The Kier molecular flexibility index (Phi) is 3.68. The number of carbonyl (C=O) groups is 1. The van der Waals surface area contributed by atoms with Crippen LogP contribution in [0.1, 0.15) is 28.9 Å². The van der Waals surface area contributed by atoms with Gasteiger partial charge in [0, 0.05) is 13.1 Å². The van der Waals surface area contributed by atoms with Crippen molar-refractivity contribution in [2.45, 2.75) is 25.4 Å². The van der Waals surface area contributed by atoms with Gasteiger partial charge in [-0.3, -0.25) is 9.69 Å². The van der Waals surface area contributed by atoms with Gasteiger partial charge in [0.1, 0.15) is 6.26 Å². The summed E-state index contributed by atoms with van der Waals surface area (Å²) in [7, 11) is 0. The van der Waals surface area contributed by atoms with Crippen molar-refractivity contribution in [3.05, 3.63) is 28.4 Å². The number of hydrogen-bond donors (Lipinski definition) is 1. The van der Waals surface area contributed by atoms with Crippen LogP contribution in [0.5, 0.6) is 0 Å². The van der Waals surface area contributed by atoms with Gasteiger partial charge >= 0.3 is 0 Å². The first-order valence-electron chi connectivity index (χ1n) is 7.45. The second-order valence-electron chi connectivity index (χ2n) is 5.84. The van der Waals surface area contributed by atoms with Crippen LogP contribution in [0.4, 0.5) is 0 Å². The Morgan fingerprint density at radius 1 is 1.41 bits per heavy atom. The molecule has 1 unspecified atom stereocenters. The molecule has 0 saturated carbocycles. The zero-order chi connectivity index (χ0) is 15.1. The summed E-state index contributed by atoms with van der Waals surface area (Å²) in [4.78, 5) is 20.4. The van der Waals surface area contributed by atoms with Gasteiger partial charge in [0.15, 0.2) is 5.15 Å². The number of hydrogen-bond acceptors (Lipinski definition) is 5. The molecule has 0 aliphatic carbocycles. The minimum absolute atomic E-state index is 0.0218. The van der Waals surface area contributed by atoms with Crippen LogP contribution in [0.15, 0.2) is 22.8 Å². The van der Waals surface area contributed by atoms with E-state index in [4.69, 9.17) is 16.0 Å². The van der Waals surface area contributed by atoms with Crippen LogP contribution in [0, 0.1) is 5.92 Å². The second kappa shape index (κ2) is 5.68. The summed E-state index contributed by atoms with van der Waals surface area (Å²) >= 11 is 7.13. The monoisotopic (exact) mass is 337 g/mol. The Hall–Kier alpha value is -1.37. The van der Waals surface area contributed by atoms with Crippen molar-refractivity contribution in [3.8, 4) is 10.8 Å². The molecule has 22 heavy (non-hydrogen) atoms. The molecule has 1 N–H and O–H groups in total. The van der Waals surface area contributed by atoms with Crippen molar-refractivity contribution in [2.75, 3.05) is 13.1 Å². The maximum Gasteiger partial charge on any atom is 0.262 e. The fourth-order valence-corrected chi connectivity index (χ4v) is 4.24. The molecule has 3 aliphatic heterocycles. The molecular formula is C15H16ClN3O2S. The molecule has 3 fully saturated rings. The van der Waals surface area contributed by atoms with Gasteiger partial charge in [-0.15, -0.1) is 11.3 Å². The number of amides is 1. The van der Waals surface area contributed by atoms with Crippen LogP contribution in [0.3, 0.4) is 0 Å². The molecule has 5 heterocycles. The lowest BCUT2D eigenvalue weighted by Crippen LogP contribution is -2.56. The lowest BCUT2D eigenvalue weighted by Gasteiger charge is -2.45. The number of oxazole rings is 1. The summed E-state index contributed by atoms with van der Waals surface area (Å²) in [5, 5.41) is 3.48. The number of thiophene rings is 1. The molecule has 3 aliphatic rings. The fraction of sp³-hybridized carbons (Fsp3) is 0.467. The molecule has 5 nitrogen and oxygen atoms in total. The molecule has 2 aromatic heterocycles. The first-order chi connectivity index (χ1) is 10.7. The molecule has 3 saturated heterocycles. The number of nitrogens with one attached hydrogen (secondary N) is 1. The summed E-state index contributed by atoms with van der Waals surface area (Å²) in [5.41, 5.74) is 0. The molecule has 0 radical (unpaired) electrons. The highest BCUT2D eigenvalue weighted by atomic mass is 35.5. The van der Waals surface area contributed by atoms with Crippen LogP contribution in [-0.4, -0.2) is 35.0 Å². The Morgan fingerprint density at radius 3 is 2.86 bits per heavy atom. The van der Waals surface area contributed by atoms with E-state index in [9.17, 15) is 4.79 Å². The number of carbonyl (C=O) groups excluding carboxylic acids is 1. The van der Waals surface area contributed by atoms with Crippen molar-refractivity contribution < 1.29 is 9.21 Å². The Morgan fingerprint density at radius 2 is 2.23 bits per heavy atom. The van der Waals surface area contributed by atoms with Gasteiger partial charge < -0.3 is 9.73 Å². The number of halogens is 1. The highest BCUT2D eigenvalue weighted by molar-refractivity contribution is 7.17. The number of rotatable bonds is 3. The molecule has 116 valence electrons. The SMILES string of the molecule is O=C(NC1CC2CCN1CC2)c1ccc(-c2nc(Cl)co2)s1. The van der Waals surface area contributed by atoms with Crippen molar-refractivity contribution in [3.63, 3.8) is 0 Å². The second-order valence-corrected chi connectivity index (χ2v) is 7.31. The molecule has 5 rings (SSSR count). The predicted molar refractivity (Wildman–Crippen MR) is 85.0 cm³/mol. The van der Waals surface area contributed by atoms with Gasteiger partial charge in [-0.25, -0.2) is 0 Å². The molecule has 1 amide bonds. The number of nitrogens with zero attached hydrogens (tertiary/aromatic N) is 2. The molecule has 2 bridgehead atoms. The standard InChI is InChI=1S/C15H16ClN3O2S/c16-12-8-21-15(17-12)11-2-1-10(22-11)14(20)18-13-7-9-3-5-19(13)6-4-9/h1-2,8-9,13H,3-7H2,(H,18,20). The highest BCUT2D eigenvalue weighted by Gasteiger charge is 2.34. The number of fused-ring (bicyclic) bond motifs is 3. The lowest BCUT2D eigenvalue weighted by molar-refractivity contribution is 0.0296. The number of aromatic nitrogens is 1. The van der Waals surface area contributed by atoms with Gasteiger partial charge in [-0.05, 0) is 37.3 Å². The Balaban J connectivity index is 1.46. The maximum atomic E-state index is 12.4. The average Bonchev–Trinajstić information content (AvgIpc) is 3.17. The van der Waals surface area contributed by atoms with Gasteiger partial charge in [-0.2, -0.15) is 4.98 Å². The Labute approximate surface area is 137 Å². The highest BCUT2D eigenvalue weighted by Crippen LogP contribution is 2.32. The van der Waals surface area contributed by atoms with Crippen molar-refractivity contribution in [2.24, 2.45) is 5.92 Å². The van der Waals surface area contributed by atoms with E-state index in [-0.39, 0.29) is 12.1 Å². The van der Waals surface area contributed by atoms with Crippen molar-refractivity contribution in [1.29, 1.82) is 0 Å². The third-order valence-corrected chi connectivity index (χ3v) is 5.71. The summed E-state index contributed by atoms with van der Waals surface area (Å²) in [5.74, 6) is 1.20. The molecule has 1 atom stereocenters. The van der Waals surface area contributed by atoms with Crippen molar-refractivity contribution in [1.82, 2.24) is 15.2 Å². The molecule has 7 heteroatoms. The fourth-order valence-electron chi connectivity index (χ4n) is 3.28. The minimum Gasteiger partial charge on any atom is -0.442 e. The van der Waals surface area contributed by atoms with E-state index in [2.05, 4.69) is 15.2 Å². The summed E-state index contributed by atoms with van der Waals surface area (Å²) < 4.78 is 5.26. The normalized spacial score (nSPS) is 27.0. The predicted octanol–water partition coefficient (Wildman–Crippen LogP) is 3.23. The third kappa shape index (κ3) is 2.66. The average molecular weight is 338 g/mol. The molecule has 0 spiro atoms. The van der Waals surface area contributed by atoms with Gasteiger partial charge in [0.05, 0.1) is 15.9 Å². The van der Waals surface area contributed by atoms with E-state index in [1.807, 2.05) is 12.1 Å². The summed E-state index contributed by atoms with van der Waals surface area (Å²) in [6, 6.07) is 3.65. The van der Waals surface area contributed by atoms with Gasteiger partial charge in [0.25, 0.3) is 5.91 Å². The molecule has 2 aromatic rings. The number of piperidine rings is 3. The first kappa shape index (κ1) is 14.2. The van der Waals surface area contributed by atoms with E-state index >= 15 is 0 Å². The van der Waals surface area contributed by atoms with E-state index in [0.717, 1.165) is 30.3 Å². The topological polar surface area (TPSA) is 58.4 Å². The third-order valence-electron chi connectivity index (χ3n) is 4.46. The van der Waals surface area contributed by atoms with Crippen LogP contribution in [0.2, 0.25) is 5.15 Å². The van der Waals surface area contributed by atoms with Crippen LogP contribution in [-0.2, 0) is 0 Å². The van der Waals surface area contributed by atoms with Crippen LogP contribution >= 0.6 is 22.9 Å². The van der Waals surface area contributed by atoms with Gasteiger partial charge in [0.2, 0.25) is 5.89 Å². The zero-order valence-corrected chi connectivity index (χ0v) is 13.5. The summed E-state index contributed by atoms with van der Waals surface area (Å²) in [6.07, 6.45) is 5.17. The lowest BCUT2D eigenvalue weighted by atomic mass is 9.86. The molecule has 0 aromatic carbocycles. The first-order valence-corrected chi connectivity index (χ1v) is 8.64. The van der Waals surface area contributed by atoms with Crippen LogP contribution in [0.25, 0.3) is 10.8 Å². The molecular weight excluding hydrogens is 322 g/mol. The van der Waals surface area contributed by atoms with E-state index in [1.54, 1.807) is 0 Å². The largest absolute Gasteiger partial charge is 0.442 e. The van der Waals surface area contributed by atoms with E-state index in [0.29, 0.717) is 15.9 Å². The zero-order valence-electron chi connectivity index (χ0n) is 11.9.